The third-order valence-electron chi connectivity index (χ3n) is 3.41. The summed E-state index contributed by atoms with van der Waals surface area (Å²) in [4.78, 5) is 29.5. The smallest absolute Gasteiger partial charge is 0.322 e. The molecule has 0 radical (unpaired) electrons. The summed E-state index contributed by atoms with van der Waals surface area (Å²) < 4.78 is 12.1. The zero-order chi connectivity index (χ0) is 16.4. The first-order chi connectivity index (χ1) is 11.1. The van der Waals surface area contributed by atoms with Crippen molar-refractivity contribution in [1.29, 1.82) is 0 Å². The monoisotopic (exact) mass is 329 g/mol. The molecule has 0 spiro atoms. The molecule has 2 aromatic carbocycles. The molecule has 3 rings (SSSR count). The molecule has 118 valence electrons. The Hall–Kier alpha value is -2.67. The van der Waals surface area contributed by atoms with Gasteiger partial charge in [0.15, 0.2) is 0 Å². The highest BCUT2D eigenvalue weighted by Crippen LogP contribution is 2.18. The summed E-state index contributed by atoms with van der Waals surface area (Å²) in [5.74, 6) is 0.112. The molecule has 6 nitrogen and oxygen atoms in total. The minimum Gasteiger partial charge on any atom is -0.322 e. The van der Waals surface area contributed by atoms with Crippen LogP contribution in [-0.4, -0.2) is 25.8 Å². The van der Waals surface area contributed by atoms with Gasteiger partial charge >= 0.3 is 5.69 Å². The average molecular weight is 329 g/mol. The first-order valence-electron chi connectivity index (χ1n) is 7.09. The number of carbonyl (C=O) groups is 1. The van der Waals surface area contributed by atoms with E-state index < -0.39 is 10.8 Å². The van der Waals surface area contributed by atoms with Crippen LogP contribution in [0.15, 0.2) is 52.2 Å². The molecule has 7 heteroatoms. The average Bonchev–Trinajstić information content (AvgIpc) is 2.93. The topological polar surface area (TPSA) is 94.8 Å². The summed E-state index contributed by atoms with van der Waals surface area (Å²) in [6.07, 6.45) is 0. The van der Waals surface area contributed by atoms with Crippen molar-refractivity contribution in [1.82, 2.24) is 9.97 Å². The summed E-state index contributed by atoms with van der Waals surface area (Å²) >= 11 is 0. The second kappa shape index (κ2) is 6.21. The van der Waals surface area contributed by atoms with E-state index in [2.05, 4.69) is 15.3 Å². The van der Waals surface area contributed by atoms with Crippen LogP contribution in [0.25, 0.3) is 11.0 Å². The largest absolute Gasteiger partial charge is 0.323 e. The molecule has 1 heterocycles. The quantitative estimate of drug-likeness (QED) is 0.685. The van der Waals surface area contributed by atoms with Gasteiger partial charge in [0.2, 0.25) is 0 Å². The van der Waals surface area contributed by atoms with Crippen molar-refractivity contribution >= 4 is 33.4 Å². The molecule has 0 saturated carbocycles. The summed E-state index contributed by atoms with van der Waals surface area (Å²) in [7, 11) is -1.21. The van der Waals surface area contributed by atoms with Gasteiger partial charge in [0.05, 0.1) is 32.3 Å². The standard InChI is InChI=1S/C16H15N3O3S/c1-2-23(22)14-6-4-3-5-11(14)15(20)17-10-7-8-12-13(9-10)19-16(21)18-12/h3-9H,2H2,1H3,(H,17,20)(H2,18,19,21). The second-order valence-electron chi connectivity index (χ2n) is 4.92. The molecule has 0 saturated heterocycles. The van der Waals surface area contributed by atoms with E-state index in [0.29, 0.717) is 32.9 Å². The van der Waals surface area contributed by atoms with Crippen LogP contribution in [0.5, 0.6) is 0 Å². The van der Waals surface area contributed by atoms with Crippen LogP contribution in [0.1, 0.15) is 17.3 Å². The van der Waals surface area contributed by atoms with Crippen LogP contribution in [0.4, 0.5) is 5.69 Å². The molecule has 1 unspecified atom stereocenters. The van der Waals surface area contributed by atoms with Crippen molar-refractivity contribution in [2.24, 2.45) is 0 Å². The number of amides is 1. The Balaban J connectivity index is 1.91. The normalized spacial score (nSPS) is 12.2. The summed E-state index contributed by atoms with van der Waals surface area (Å²) in [5.41, 5.74) is 1.91. The van der Waals surface area contributed by atoms with Crippen molar-refractivity contribution in [2.75, 3.05) is 11.1 Å². The Labute approximate surface area is 134 Å². The molecule has 1 atom stereocenters. The molecule has 0 bridgehead atoms. The molecular formula is C16H15N3O3S. The van der Waals surface area contributed by atoms with Crippen LogP contribution in [0.3, 0.4) is 0 Å². The number of carbonyl (C=O) groups excluding carboxylic acids is 1. The summed E-state index contributed by atoms with van der Waals surface area (Å²) in [6, 6.07) is 11.9. The molecule has 1 amide bonds. The van der Waals surface area contributed by atoms with Crippen LogP contribution in [0, 0.1) is 0 Å². The number of hydrogen-bond donors (Lipinski definition) is 3. The van der Waals surface area contributed by atoms with Gasteiger partial charge in [-0.25, -0.2) is 4.79 Å². The van der Waals surface area contributed by atoms with Crippen molar-refractivity contribution in [3.63, 3.8) is 0 Å². The summed E-state index contributed by atoms with van der Waals surface area (Å²) in [5, 5.41) is 2.77. The third-order valence-corrected chi connectivity index (χ3v) is 4.78. The number of fused-ring (bicyclic) bond motifs is 1. The Kier molecular flexibility index (Phi) is 4.12. The lowest BCUT2D eigenvalue weighted by Crippen LogP contribution is -2.15. The van der Waals surface area contributed by atoms with Crippen LogP contribution < -0.4 is 11.0 Å². The predicted molar refractivity (Wildman–Crippen MR) is 90.3 cm³/mol. The maximum atomic E-state index is 12.5. The van der Waals surface area contributed by atoms with Gasteiger partial charge < -0.3 is 15.3 Å². The molecule has 23 heavy (non-hydrogen) atoms. The van der Waals surface area contributed by atoms with E-state index in [0.717, 1.165) is 0 Å². The Morgan fingerprint density at radius 1 is 1.13 bits per heavy atom. The van der Waals surface area contributed by atoms with E-state index in [1.54, 1.807) is 49.4 Å². The molecule has 3 aromatic rings. The van der Waals surface area contributed by atoms with Crippen LogP contribution >= 0.6 is 0 Å². The number of anilines is 1. The number of imidazole rings is 1. The maximum Gasteiger partial charge on any atom is 0.323 e. The van der Waals surface area contributed by atoms with Gasteiger partial charge in [-0.1, -0.05) is 19.1 Å². The van der Waals surface area contributed by atoms with Gasteiger partial charge in [0, 0.05) is 11.4 Å². The molecule has 0 aliphatic carbocycles. The van der Waals surface area contributed by atoms with E-state index in [-0.39, 0.29) is 11.6 Å². The number of rotatable bonds is 4. The Bertz CT molecular complexity index is 958. The highest BCUT2D eigenvalue weighted by molar-refractivity contribution is 7.85. The van der Waals surface area contributed by atoms with Crippen molar-refractivity contribution < 1.29 is 9.00 Å². The Morgan fingerprint density at radius 2 is 1.87 bits per heavy atom. The number of nitrogens with one attached hydrogen (secondary N) is 3. The van der Waals surface area contributed by atoms with Crippen molar-refractivity contribution in [2.45, 2.75) is 11.8 Å². The molecule has 0 aliphatic heterocycles. The summed E-state index contributed by atoms with van der Waals surface area (Å²) in [6.45, 7) is 1.81. The van der Waals surface area contributed by atoms with Gasteiger partial charge in [0.1, 0.15) is 0 Å². The minimum absolute atomic E-state index is 0.299. The fourth-order valence-corrected chi connectivity index (χ4v) is 3.26. The Morgan fingerprint density at radius 3 is 2.65 bits per heavy atom. The molecule has 3 N–H and O–H groups in total. The number of benzene rings is 2. The molecular weight excluding hydrogens is 314 g/mol. The lowest BCUT2D eigenvalue weighted by Gasteiger charge is -2.09. The van der Waals surface area contributed by atoms with Gasteiger partial charge in [0.25, 0.3) is 5.91 Å². The number of hydrogen-bond acceptors (Lipinski definition) is 3. The predicted octanol–water partition coefficient (Wildman–Crippen LogP) is 2.24. The zero-order valence-electron chi connectivity index (χ0n) is 12.4. The van der Waals surface area contributed by atoms with E-state index >= 15 is 0 Å². The van der Waals surface area contributed by atoms with Gasteiger partial charge in [-0.05, 0) is 30.3 Å². The van der Waals surface area contributed by atoms with Gasteiger partial charge in [-0.15, -0.1) is 0 Å². The van der Waals surface area contributed by atoms with E-state index in [4.69, 9.17) is 0 Å². The fraction of sp³-hybridized carbons (Fsp3) is 0.125. The van der Waals surface area contributed by atoms with Crippen LogP contribution in [0.2, 0.25) is 0 Å². The molecule has 1 aromatic heterocycles. The van der Waals surface area contributed by atoms with Crippen LogP contribution in [-0.2, 0) is 10.8 Å². The third kappa shape index (κ3) is 3.09. The van der Waals surface area contributed by atoms with E-state index in [1.807, 2.05) is 0 Å². The zero-order valence-corrected chi connectivity index (χ0v) is 13.2. The van der Waals surface area contributed by atoms with Crippen molar-refractivity contribution in [3.8, 4) is 0 Å². The first-order valence-corrected chi connectivity index (χ1v) is 8.41. The van der Waals surface area contributed by atoms with Gasteiger partial charge in [-0.2, -0.15) is 0 Å². The first kappa shape index (κ1) is 15.2. The number of aromatic nitrogens is 2. The lowest BCUT2D eigenvalue weighted by molar-refractivity contribution is 0.102. The maximum absolute atomic E-state index is 12.5. The highest BCUT2D eigenvalue weighted by atomic mass is 32.2. The SMILES string of the molecule is CCS(=O)c1ccccc1C(=O)Nc1ccc2[nH]c(=O)[nH]c2c1. The highest BCUT2D eigenvalue weighted by Gasteiger charge is 2.15. The van der Waals surface area contributed by atoms with Crippen molar-refractivity contribution in [3.05, 3.63) is 58.5 Å². The lowest BCUT2D eigenvalue weighted by atomic mass is 10.2. The van der Waals surface area contributed by atoms with E-state index in [9.17, 15) is 13.8 Å². The molecule has 0 fully saturated rings. The number of aromatic amines is 2. The second-order valence-corrected chi connectivity index (χ2v) is 6.63. The van der Waals surface area contributed by atoms with E-state index in [1.165, 1.54) is 0 Å². The fourth-order valence-electron chi connectivity index (χ4n) is 2.32. The molecule has 0 aliphatic rings. The van der Waals surface area contributed by atoms with Gasteiger partial charge in [-0.3, -0.25) is 9.00 Å². The minimum atomic E-state index is -1.21. The number of H-pyrrole nitrogens is 2.